The number of aromatic nitrogens is 1. The maximum atomic E-state index is 10.3. The van der Waals surface area contributed by atoms with Gasteiger partial charge in [0.15, 0.2) is 5.58 Å². The van der Waals surface area contributed by atoms with E-state index in [0.29, 0.717) is 27.8 Å². The van der Waals surface area contributed by atoms with Gasteiger partial charge in [0, 0.05) is 23.2 Å². The van der Waals surface area contributed by atoms with Crippen LogP contribution >= 0.6 is 11.6 Å². The second-order valence-corrected chi connectivity index (χ2v) is 4.75. The molecule has 4 nitrogen and oxygen atoms in total. The molecule has 0 aliphatic heterocycles. The van der Waals surface area contributed by atoms with Crippen molar-refractivity contribution in [1.29, 1.82) is 0 Å². The number of rotatable bonds is 3. The Hall–Kier alpha value is -2.04. The normalized spacial score (nSPS) is 12.6. The molecule has 5 heteroatoms. The summed E-state index contributed by atoms with van der Waals surface area (Å²) in [5, 5.41) is 11.7. The summed E-state index contributed by atoms with van der Waals surface area (Å²) in [6.07, 6.45) is 0.662. The first kappa shape index (κ1) is 13.0. The maximum absolute atomic E-state index is 10.3. The minimum Gasteiger partial charge on any atom is -0.481 e. The van der Waals surface area contributed by atoms with Crippen molar-refractivity contribution >= 4 is 22.6 Å². The highest BCUT2D eigenvalue weighted by Crippen LogP contribution is 2.31. The van der Waals surface area contributed by atoms with Crippen LogP contribution in [0.3, 0.4) is 0 Å². The van der Waals surface area contributed by atoms with Gasteiger partial charge in [-0.1, -0.05) is 23.7 Å². The Morgan fingerprint density at radius 2 is 2.15 bits per heavy atom. The zero-order valence-electron chi connectivity index (χ0n) is 10.7. The third kappa shape index (κ3) is 2.24. The van der Waals surface area contributed by atoms with E-state index in [4.69, 9.17) is 20.8 Å². The first-order valence-electron chi connectivity index (χ1n) is 6.05. The molecule has 0 spiro atoms. The largest absolute Gasteiger partial charge is 0.481 e. The summed E-state index contributed by atoms with van der Waals surface area (Å²) in [7, 11) is 1.54. The molecule has 102 valence electrons. The van der Waals surface area contributed by atoms with Crippen LogP contribution in [0.2, 0.25) is 5.02 Å². The molecule has 2 heterocycles. The summed E-state index contributed by atoms with van der Waals surface area (Å²) >= 11 is 6.06. The number of para-hydroxylation sites is 1. The standard InChI is InChI=1S/C15H12ClNO3/c1-19-13-6-5-10(8-17-13)14(18)12-7-9-3-2-4-11(16)15(9)20-12/h2-8,14,18H,1H3. The fraction of sp³-hybridized carbons (Fsp3) is 0.133. The van der Waals surface area contributed by atoms with Crippen LogP contribution in [0, 0.1) is 0 Å². The van der Waals surface area contributed by atoms with Gasteiger partial charge in [-0.05, 0) is 18.2 Å². The van der Waals surface area contributed by atoms with Gasteiger partial charge in [-0.15, -0.1) is 0 Å². The highest BCUT2D eigenvalue weighted by atomic mass is 35.5. The molecule has 1 atom stereocenters. The van der Waals surface area contributed by atoms with Gasteiger partial charge < -0.3 is 14.3 Å². The summed E-state index contributed by atoms with van der Waals surface area (Å²) in [5.41, 5.74) is 1.20. The third-order valence-electron chi connectivity index (χ3n) is 3.07. The van der Waals surface area contributed by atoms with Crippen LogP contribution in [0.5, 0.6) is 5.88 Å². The van der Waals surface area contributed by atoms with Gasteiger partial charge >= 0.3 is 0 Å². The Bertz CT molecular complexity index is 736. The maximum Gasteiger partial charge on any atom is 0.212 e. The van der Waals surface area contributed by atoms with Crippen molar-refractivity contribution in [2.24, 2.45) is 0 Å². The summed E-state index contributed by atoms with van der Waals surface area (Å²) in [4.78, 5) is 4.07. The van der Waals surface area contributed by atoms with Crippen molar-refractivity contribution in [3.63, 3.8) is 0 Å². The molecule has 2 aromatic heterocycles. The first-order chi connectivity index (χ1) is 9.69. The van der Waals surface area contributed by atoms with Crippen molar-refractivity contribution < 1.29 is 14.3 Å². The molecule has 0 aliphatic carbocycles. The number of benzene rings is 1. The van der Waals surface area contributed by atoms with Gasteiger partial charge in [0.1, 0.15) is 11.9 Å². The van der Waals surface area contributed by atoms with Crippen LogP contribution in [0.15, 0.2) is 47.0 Å². The minimum atomic E-state index is -0.892. The van der Waals surface area contributed by atoms with E-state index in [2.05, 4.69) is 4.98 Å². The van der Waals surface area contributed by atoms with Gasteiger partial charge in [-0.3, -0.25) is 0 Å². The number of ether oxygens (including phenoxy) is 1. The summed E-state index contributed by atoms with van der Waals surface area (Å²) in [6.45, 7) is 0. The molecule has 20 heavy (non-hydrogen) atoms. The fourth-order valence-corrected chi connectivity index (χ4v) is 2.24. The van der Waals surface area contributed by atoms with Gasteiger partial charge in [-0.25, -0.2) is 4.98 Å². The van der Waals surface area contributed by atoms with E-state index < -0.39 is 6.10 Å². The topological polar surface area (TPSA) is 55.5 Å². The molecule has 3 rings (SSSR count). The van der Waals surface area contributed by atoms with E-state index in [0.717, 1.165) is 5.39 Å². The van der Waals surface area contributed by atoms with Gasteiger partial charge in [0.25, 0.3) is 0 Å². The molecule has 0 aliphatic rings. The number of methoxy groups -OCH3 is 1. The lowest BCUT2D eigenvalue weighted by Gasteiger charge is -2.07. The predicted molar refractivity (Wildman–Crippen MR) is 76.1 cm³/mol. The van der Waals surface area contributed by atoms with Crippen LogP contribution in [0.25, 0.3) is 11.0 Å². The van der Waals surface area contributed by atoms with E-state index in [1.807, 2.05) is 12.1 Å². The Morgan fingerprint density at radius 1 is 1.30 bits per heavy atom. The number of nitrogens with zero attached hydrogens (tertiary/aromatic N) is 1. The van der Waals surface area contributed by atoms with E-state index in [1.54, 1.807) is 37.6 Å². The zero-order chi connectivity index (χ0) is 14.1. The highest BCUT2D eigenvalue weighted by molar-refractivity contribution is 6.34. The van der Waals surface area contributed by atoms with E-state index in [9.17, 15) is 5.11 Å². The molecule has 1 aromatic carbocycles. The van der Waals surface area contributed by atoms with Gasteiger partial charge in [0.2, 0.25) is 5.88 Å². The number of pyridine rings is 1. The van der Waals surface area contributed by atoms with Crippen LogP contribution in [0.1, 0.15) is 17.4 Å². The molecular formula is C15H12ClNO3. The molecule has 0 amide bonds. The van der Waals surface area contributed by atoms with Crippen molar-refractivity contribution in [3.05, 3.63) is 58.9 Å². The number of hydrogen-bond donors (Lipinski definition) is 1. The van der Waals surface area contributed by atoms with E-state index in [-0.39, 0.29) is 0 Å². The average Bonchev–Trinajstić information content (AvgIpc) is 2.92. The molecule has 0 fully saturated rings. The van der Waals surface area contributed by atoms with Gasteiger partial charge in [-0.2, -0.15) is 0 Å². The second-order valence-electron chi connectivity index (χ2n) is 4.34. The smallest absolute Gasteiger partial charge is 0.212 e. The highest BCUT2D eigenvalue weighted by Gasteiger charge is 2.17. The lowest BCUT2D eigenvalue weighted by molar-refractivity contribution is 0.191. The van der Waals surface area contributed by atoms with Crippen molar-refractivity contribution in [3.8, 4) is 5.88 Å². The van der Waals surface area contributed by atoms with E-state index >= 15 is 0 Å². The second kappa shape index (κ2) is 5.15. The first-order valence-corrected chi connectivity index (χ1v) is 6.43. The van der Waals surface area contributed by atoms with Crippen LogP contribution < -0.4 is 4.74 Å². The molecule has 3 aromatic rings. The van der Waals surface area contributed by atoms with E-state index in [1.165, 1.54) is 0 Å². The molecule has 1 unspecified atom stereocenters. The van der Waals surface area contributed by atoms with Crippen molar-refractivity contribution in [2.45, 2.75) is 6.10 Å². The quantitative estimate of drug-likeness (QED) is 0.801. The Kier molecular flexibility index (Phi) is 3.34. The van der Waals surface area contributed by atoms with Crippen molar-refractivity contribution in [2.75, 3.05) is 7.11 Å². The van der Waals surface area contributed by atoms with Crippen LogP contribution in [0.4, 0.5) is 0 Å². The number of hydrogen-bond acceptors (Lipinski definition) is 4. The lowest BCUT2D eigenvalue weighted by Crippen LogP contribution is -1.99. The SMILES string of the molecule is COc1ccc(C(O)c2cc3cccc(Cl)c3o2)cn1. The van der Waals surface area contributed by atoms with Crippen LogP contribution in [-0.4, -0.2) is 17.2 Å². The Morgan fingerprint density at radius 3 is 2.80 bits per heavy atom. The molecule has 0 saturated heterocycles. The molecule has 0 bridgehead atoms. The average molecular weight is 290 g/mol. The molecule has 1 N–H and O–H groups in total. The Balaban J connectivity index is 1.98. The lowest BCUT2D eigenvalue weighted by atomic mass is 10.1. The number of aliphatic hydroxyl groups is 1. The monoisotopic (exact) mass is 289 g/mol. The Labute approximate surface area is 120 Å². The number of fused-ring (bicyclic) bond motifs is 1. The number of aliphatic hydroxyl groups excluding tert-OH is 1. The zero-order valence-corrected chi connectivity index (χ0v) is 11.5. The predicted octanol–water partition coefficient (Wildman–Crippen LogP) is 3.57. The summed E-state index contributed by atoms with van der Waals surface area (Å²) in [6, 6.07) is 10.7. The summed E-state index contributed by atoms with van der Waals surface area (Å²) < 4.78 is 10.6. The third-order valence-corrected chi connectivity index (χ3v) is 3.37. The summed E-state index contributed by atoms with van der Waals surface area (Å²) in [5.74, 6) is 0.925. The number of furan rings is 1. The molecule has 0 radical (unpaired) electrons. The molecule has 0 saturated carbocycles. The van der Waals surface area contributed by atoms with Crippen molar-refractivity contribution in [1.82, 2.24) is 4.98 Å². The fourth-order valence-electron chi connectivity index (χ4n) is 2.02. The van der Waals surface area contributed by atoms with Crippen LogP contribution in [-0.2, 0) is 0 Å². The number of halogens is 1. The minimum absolute atomic E-state index is 0.431. The molecular weight excluding hydrogens is 278 g/mol. The van der Waals surface area contributed by atoms with Gasteiger partial charge in [0.05, 0.1) is 12.1 Å².